The topological polar surface area (TPSA) is 94.8 Å². The maximum atomic E-state index is 13.0. The SMILES string of the molecule is O=S(=O)(O)C(c1cccc(O)c1)(c1ccccc1Cl)c1c(O)cc(Cl)c(Cl)c1Cl. The van der Waals surface area contributed by atoms with Gasteiger partial charge < -0.3 is 10.2 Å². The fourth-order valence-electron chi connectivity index (χ4n) is 3.24. The molecule has 29 heavy (non-hydrogen) atoms. The average molecular weight is 494 g/mol. The molecule has 3 aromatic rings. The number of phenolic OH excluding ortho intramolecular Hbond substituents is 2. The van der Waals surface area contributed by atoms with E-state index < -0.39 is 31.2 Å². The third kappa shape index (κ3) is 3.54. The van der Waals surface area contributed by atoms with Gasteiger partial charge in [-0.2, -0.15) is 8.42 Å². The lowest BCUT2D eigenvalue weighted by Crippen LogP contribution is -2.39. The number of benzene rings is 3. The van der Waals surface area contributed by atoms with Crippen molar-refractivity contribution in [1.29, 1.82) is 0 Å². The number of hydrogen-bond donors (Lipinski definition) is 3. The second kappa shape index (κ2) is 7.87. The minimum atomic E-state index is -5.14. The van der Waals surface area contributed by atoms with Gasteiger partial charge >= 0.3 is 0 Å². The minimum Gasteiger partial charge on any atom is -0.508 e. The molecule has 152 valence electrons. The molecule has 0 aliphatic heterocycles. The first-order chi connectivity index (χ1) is 13.5. The summed E-state index contributed by atoms with van der Waals surface area (Å²) in [7, 11) is -5.14. The van der Waals surface area contributed by atoms with Crippen LogP contribution in [-0.2, 0) is 14.9 Å². The van der Waals surface area contributed by atoms with Crippen molar-refractivity contribution in [2.75, 3.05) is 0 Å². The van der Waals surface area contributed by atoms with Gasteiger partial charge in [-0.05, 0) is 23.8 Å². The molecule has 0 heterocycles. The zero-order chi connectivity index (χ0) is 21.6. The van der Waals surface area contributed by atoms with Crippen LogP contribution in [0.3, 0.4) is 0 Å². The summed E-state index contributed by atoms with van der Waals surface area (Å²) in [6.45, 7) is 0. The fourth-order valence-corrected chi connectivity index (χ4v) is 5.71. The fraction of sp³-hybridized carbons (Fsp3) is 0.0526. The van der Waals surface area contributed by atoms with Crippen LogP contribution in [0.4, 0.5) is 0 Å². The Bertz CT molecular complexity index is 1210. The van der Waals surface area contributed by atoms with Crippen molar-refractivity contribution in [3.8, 4) is 11.5 Å². The summed E-state index contributed by atoms with van der Waals surface area (Å²) in [5.41, 5.74) is -0.719. The summed E-state index contributed by atoms with van der Waals surface area (Å²) >= 11 is 24.7. The van der Waals surface area contributed by atoms with E-state index in [9.17, 15) is 23.2 Å². The van der Waals surface area contributed by atoms with Gasteiger partial charge in [-0.15, -0.1) is 0 Å². The van der Waals surface area contributed by atoms with Crippen LogP contribution in [0.2, 0.25) is 20.1 Å². The molecular weight excluding hydrogens is 482 g/mol. The van der Waals surface area contributed by atoms with Gasteiger partial charge in [-0.25, -0.2) is 0 Å². The number of phenols is 2. The predicted molar refractivity (Wildman–Crippen MR) is 114 cm³/mol. The molecule has 5 nitrogen and oxygen atoms in total. The highest BCUT2D eigenvalue weighted by Gasteiger charge is 2.53. The quantitative estimate of drug-likeness (QED) is 0.239. The van der Waals surface area contributed by atoms with Crippen molar-refractivity contribution < 1.29 is 23.2 Å². The van der Waals surface area contributed by atoms with Crippen molar-refractivity contribution in [1.82, 2.24) is 0 Å². The number of aromatic hydroxyl groups is 2. The largest absolute Gasteiger partial charge is 0.508 e. The van der Waals surface area contributed by atoms with Gasteiger partial charge in [-0.3, -0.25) is 4.55 Å². The van der Waals surface area contributed by atoms with Crippen LogP contribution in [0.5, 0.6) is 11.5 Å². The molecule has 0 radical (unpaired) electrons. The molecular formula is C19H12Cl4O5S. The summed E-state index contributed by atoms with van der Waals surface area (Å²) in [5.74, 6) is -0.941. The second-order valence-electron chi connectivity index (χ2n) is 6.07. The van der Waals surface area contributed by atoms with Crippen LogP contribution < -0.4 is 0 Å². The lowest BCUT2D eigenvalue weighted by atomic mass is 9.83. The Balaban J connectivity index is 2.67. The maximum Gasteiger partial charge on any atom is 0.283 e. The highest BCUT2D eigenvalue weighted by molar-refractivity contribution is 7.87. The van der Waals surface area contributed by atoms with Gasteiger partial charge in [0.1, 0.15) is 11.5 Å². The number of rotatable bonds is 4. The first-order valence-corrected chi connectivity index (χ1v) is 10.9. The highest BCUT2D eigenvalue weighted by Crippen LogP contribution is 2.54. The Labute approximate surface area is 186 Å². The normalized spacial score (nSPS) is 13.8. The molecule has 1 atom stereocenters. The monoisotopic (exact) mass is 492 g/mol. The van der Waals surface area contributed by atoms with Gasteiger partial charge in [-0.1, -0.05) is 76.7 Å². The number of hydrogen-bond acceptors (Lipinski definition) is 4. The van der Waals surface area contributed by atoms with Crippen LogP contribution in [0.25, 0.3) is 0 Å². The molecule has 10 heteroatoms. The van der Waals surface area contributed by atoms with E-state index in [0.29, 0.717) is 0 Å². The third-order valence-electron chi connectivity index (χ3n) is 4.39. The van der Waals surface area contributed by atoms with E-state index in [1.807, 2.05) is 0 Å². The van der Waals surface area contributed by atoms with Gasteiger partial charge in [0, 0.05) is 22.2 Å². The van der Waals surface area contributed by atoms with Gasteiger partial charge in [0.05, 0.1) is 15.1 Å². The average Bonchev–Trinajstić information content (AvgIpc) is 2.63. The van der Waals surface area contributed by atoms with E-state index in [1.165, 1.54) is 36.4 Å². The van der Waals surface area contributed by atoms with E-state index in [0.717, 1.165) is 12.1 Å². The maximum absolute atomic E-state index is 13.0. The molecule has 0 amide bonds. The molecule has 3 aromatic carbocycles. The van der Waals surface area contributed by atoms with Crippen LogP contribution in [-0.4, -0.2) is 23.2 Å². The van der Waals surface area contributed by atoms with Crippen LogP contribution in [0.15, 0.2) is 54.6 Å². The lowest BCUT2D eigenvalue weighted by Gasteiger charge is -2.34. The van der Waals surface area contributed by atoms with Gasteiger partial charge in [0.2, 0.25) is 0 Å². The van der Waals surface area contributed by atoms with E-state index in [4.69, 9.17) is 46.4 Å². The smallest absolute Gasteiger partial charge is 0.283 e. The summed E-state index contributed by atoms with van der Waals surface area (Å²) in [4.78, 5) is 0. The second-order valence-corrected chi connectivity index (χ2v) is 9.20. The Morgan fingerprint density at radius 2 is 1.45 bits per heavy atom. The summed E-state index contributed by atoms with van der Waals surface area (Å²) in [5, 5.41) is 19.8. The van der Waals surface area contributed by atoms with Gasteiger partial charge in [0.15, 0.2) is 4.75 Å². The van der Waals surface area contributed by atoms with Crippen molar-refractivity contribution in [2.45, 2.75) is 4.75 Å². The van der Waals surface area contributed by atoms with Crippen molar-refractivity contribution in [3.05, 3.63) is 91.4 Å². The molecule has 1 unspecified atom stereocenters. The third-order valence-corrected chi connectivity index (χ3v) is 7.41. The molecule has 0 spiro atoms. The molecule has 0 aliphatic rings. The molecule has 0 bridgehead atoms. The molecule has 0 saturated heterocycles. The van der Waals surface area contributed by atoms with Crippen molar-refractivity contribution in [2.24, 2.45) is 0 Å². The molecule has 0 saturated carbocycles. The van der Waals surface area contributed by atoms with Crippen LogP contribution in [0.1, 0.15) is 16.7 Å². The summed E-state index contributed by atoms with van der Waals surface area (Å²) in [6, 6.07) is 11.9. The molecule has 0 aromatic heterocycles. The molecule has 0 aliphatic carbocycles. The highest BCUT2D eigenvalue weighted by atomic mass is 35.5. The Morgan fingerprint density at radius 3 is 2.03 bits per heavy atom. The van der Waals surface area contributed by atoms with E-state index in [2.05, 4.69) is 0 Å². The van der Waals surface area contributed by atoms with Crippen molar-refractivity contribution >= 4 is 56.5 Å². The summed E-state index contributed by atoms with van der Waals surface area (Å²) < 4.78 is 33.9. The zero-order valence-electron chi connectivity index (χ0n) is 14.3. The van der Waals surface area contributed by atoms with Crippen molar-refractivity contribution in [3.63, 3.8) is 0 Å². The van der Waals surface area contributed by atoms with Crippen LogP contribution >= 0.6 is 46.4 Å². The first-order valence-electron chi connectivity index (χ1n) is 7.90. The minimum absolute atomic E-state index is 0.0463. The number of halogens is 4. The van der Waals surface area contributed by atoms with E-state index in [1.54, 1.807) is 6.07 Å². The van der Waals surface area contributed by atoms with Crippen LogP contribution in [0, 0.1) is 0 Å². The Hall–Kier alpha value is -1.67. The van der Waals surface area contributed by atoms with Gasteiger partial charge in [0.25, 0.3) is 10.1 Å². The van der Waals surface area contributed by atoms with E-state index >= 15 is 0 Å². The Morgan fingerprint density at radius 1 is 0.793 bits per heavy atom. The predicted octanol–water partition coefficient (Wildman–Crippen LogP) is 5.89. The lowest BCUT2D eigenvalue weighted by molar-refractivity contribution is 0.439. The Kier molecular flexibility index (Phi) is 5.98. The molecule has 0 fully saturated rings. The summed E-state index contributed by atoms with van der Waals surface area (Å²) in [6.07, 6.45) is 0. The van der Waals surface area contributed by atoms with E-state index in [-0.39, 0.29) is 31.9 Å². The molecule has 3 rings (SSSR count). The zero-order valence-corrected chi connectivity index (χ0v) is 18.1. The first kappa shape index (κ1) is 22.0. The standard InChI is InChI=1S/C19H12Cl4O5S/c20-13-7-2-1-6-12(13)19(29(26,27)28,10-4-3-5-11(24)8-10)16-15(25)9-14(21)17(22)18(16)23/h1-9,24-25H,(H,26,27,28). The molecule has 3 N–H and O–H groups in total.